The summed E-state index contributed by atoms with van der Waals surface area (Å²) in [5, 5.41) is 0. The van der Waals surface area contributed by atoms with E-state index in [9.17, 15) is 4.79 Å². The van der Waals surface area contributed by atoms with Crippen molar-refractivity contribution in [1.29, 1.82) is 0 Å². The molecule has 0 spiro atoms. The van der Waals surface area contributed by atoms with Crippen LogP contribution in [0.1, 0.15) is 89.0 Å². The quantitative estimate of drug-likeness (QED) is 0.226. The molecule has 1 amide bonds. The summed E-state index contributed by atoms with van der Waals surface area (Å²) in [6, 6.07) is 21.3. The van der Waals surface area contributed by atoms with E-state index in [2.05, 4.69) is 80.3 Å². The number of rotatable bonds is 13. The van der Waals surface area contributed by atoms with E-state index >= 15 is 0 Å². The van der Waals surface area contributed by atoms with Gasteiger partial charge < -0.3 is 0 Å². The number of amides is 1. The molecule has 34 heavy (non-hydrogen) atoms. The molecular formula is C30H43NO2Sn. The average Bonchev–Trinajstić information content (AvgIpc) is 3.60. The topological polar surface area (TPSA) is 29.5 Å². The van der Waals surface area contributed by atoms with Crippen molar-refractivity contribution in [2.75, 3.05) is 0 Å². The van der Waals surface area contributed by atoms with E-state index in [-0.39, 0.29) is 18.2 Å². The van der Waals surface area contributed by atoms with Crippen LogP contribution in [0.15, 0.2) is 60.7 Å². The maximum absolute atomic E-state index is 13.5. The fourth-order valence-corrected chi connectivity index (χ4v) is 25.7. The second kappa shape index (κ2) is 12.0. The van der Waals surface area contributed by atoms with Crippen LogP contribution in [0.4, 0.5) is 4.79 Å². The van der Waals surface area contributed by atoms with Crippen LogP contribution in [0.2, 0.25) is 17.2 Å². The molecule has 2 aromatic carbocycles. The van der Waals surface area contributed by atoms with Gasteiger partial charge in [0.05, 0.1) is 0 Å². The molecule has 0 N–H and O–H groups in total. The Bertz CT molecular complexity index is 881. The number of carbonyl (C=O) groups excluding carboxylic acids is 1. The van der Waals surface area contributed by atoms with Gasteiger partial charge >= 0.3 is 212 Å². The zero-order valence-corrected chi connectivity index (χ0v) is 24.3. The van der Waals surface area contributed by atoms with Gasteiger partial charge in [0.15, 0.2) is 0 Å². The Kier molecular flexibility index (Phi) is 9.01. The van der Waals surface area contributed by atoms with E-state index < -0.39 is 18.4 Å². The monoisotopic (exact) mass is 569 g/mol. The third kappa shape index (κ3) is 5.50. The van der Waals surface area contributed by atoms with Crippen LogP contribution in [0.25, 0.3) is 0 Å². The molecule has 2 aliphatic rings. The number of nitrogens with zero attached hydrogens (tertiary/aromatic N) is 1. The van der Waals surface area contributed by atoms with Crippen molar-refractivity contribution in [2.45, 2.75) is 101 Å². The van der Waals surface area contributed by atoms with E-state index in [0.29, 0.717) is 6.04 Å². The van der Waals surface area contributed by atoms with Gasteiger partial charge in [-0.05, 0) is 0 Å². The van der Waals surface area contributed by atoms with Crippen LogP contribution in [-0.4, -0.2) is 35.4 Å². The second-order valence-electron chi connectivity index (χ2n) is 10.6. The molecule has 4 rings (SSSR count). The standard InChI is InChI=1S/C18H16NO2.3C4H9.Sn/c20-18-19(15-11-12-15)16(13-7-3-1-4-8-13)17(21-18)14-9-5-2-6-10-14;3*1-3-4-2;/h1-11,15-17H,12H2;3*1,3-4H2,2H3;/t15-,16-,17+;;;;/m0..../s1. The molecule has 1 aliphatic carbocycles. The normalized spacial score (nSPS) is 24.3. The molecule has 2 aromatic rings. The van der Waals surface area contributed by atoms with Crippen LogP contribution >= 0.6 is 0 Å². The molecule has 3 nitrogen and oxygen atoms in total. The Hall–Kier alpha value is -1.49. The molecule has 1 saturated carbocycles. The van der Waals surface area contributed by atoms with Crippen molar-refractivity contribution in [3.63, 3.8) is 0 Å². The summed E-state index contributed by atoms with van der Waals surface area (Å²) in [5.41, 5.74) is 2.30. The summed E-state index contributed by atoms with van der Waals surface area (Å²) < 4.78 is 11.5. The van der Waals surface area contributed by atoms with Crippen molar-refractivity contribution in [1.82, 2.24) is 4.90 Å². The Labute approximate surface area is 211 Å². The number of cyclic esters (lactones) is 1. The molecule has 0 unspecified atom stereocenters. The number of hydrogen-bond donors (Lipinski definition) is 0. The number of benzene rings is 2. The minimum atomic E-state index is -2.40. The molecule has 0 radical (unpaired) electrons. The van der Waals surface area contributed by atoms with Gasteiger partial charge in [-0.1, -0.05) is 0 Å². The SMILES string of the molecule is CCC[CH2][Sn]([CH2]CCC)([CH2]CCC)[C@@H]1C[C@H]1N1C(=O)O[C@H](c2ccccc2)[C@@H]1c1ccccc1. The third-order valence-electron chi connectivity index (χ3n) is 8.28. The zero-order chi connectivity index (χ0) is 24.0. The molecule has 184 valence electrons. The molecule has 0 bridgehead atoms. The van der Waals surface area contributed by atoms with Crippen LogP contribution in [0.3, 0.4) is 0 Å². The molecule has 1 aliphatic heterocycles. The Morgan fingerprint density at radius 2 is 1.29 bits per heavy atom. The van der Waals surface area contributed by atoms with Crippen LogP contribution in [-0.2, 0) is 4.74 Å². The van der Waals surface area contributed by atoms with Crippen molar-refractivity contribution >= 4 is 24.5 Å². The molecular weight excluding hydrogens is 525 g/mol. The first-order chi connectivity index (χ1) is 16.6. The predicted molar refractivity (Wildman–Crippen MR) is 144 cm³/mol. The minimum absolute atomic E-state index is 0.0291. The van der Waals surface area contributed by atoms with E-state index in [1.54, 1.807) is 0 Å². The van der Waals surface area contributed by atoms with E-state index in [4.69, 9.17) is 4.74 Å². The van der Waals surface area contributed by atoms with Gasteiger partial charge in [0.1, 0.15) is 0 Å². The molecule has 4 atom stereocenters. The van der Waals surface area contributed by atoms with E-state index in [1.807, 2.05) is 6.07 Å². The summed E-state index contributed by atoms with van der Waals surface area (Å²) in [7, 11) is 0. The van der Waals surface area contributed by atoms with Gasteiger partial charge in [-0.2, -0.15) is 0 Å². The number of unbranched alkanes of at least 4 members (excludes halogenated alkanes) is 3. The van der Waals surface area contributed by atoms with Gasteiger partial charge in [0.25, 0.3) is 0 Å². The zero-order valence-electron chi connectivity index (χ0n) is 21.4. The summed E-state index contributed by atoms with van der Waals surface area (Å²) in [6.07, 6.45) is 8.91. The first-order valence-corrected chi connectivity index (χ1v) is 21.4. The number of hydrogen-bond acceptors (Lipinski definition) is 2. The van der Waals surface area contributed by atoms with Gasteiger partial charge in [-0.15, -0.1) is 0 Å². The predicted octanol–water partition coefficient (Wildman–Crippen LogP) is 8.91. The van der Waals surface area contributed by atoms with Gasteiger partial charge in [-0.25, -0.2) is 0 Å². The summed E-state index contributed by atoms with van der Waals surface area (Å²) in [4.78, 5) is 15.7. The van der Waals surface area contributed by atoms with Crippen molar-refractivity contribution in [2.24, 2.45) is 0 Å². The first-order valence-electron chi connectivity index (χ1n) is 13.7. The second-order valence-corrected chi connectivity index (χ2v) is 24.7. The Balaban J connectivity index is 1.65. The summed E-state index contributed by atoms with van der Waals surface area (Å²) >= 11 is -2.40. The molecule has 2 fully saturated rings. The van der Waals surface area contributed by atoms with Crippen molar-refractivity contribution in [3.8, 4) is 0 Å². The average molecular weight is 568 g/mol. The van der Waals surface area contributed by atoms with Gasteiger partial charge in [0, 0.05) is 0 Å². The van der Waals surface area contributed by atoms with Crippen molar-refractivity contribution < 1.29 is 9.53 Å². The van der Waals surface area contributed by atoms with E-state index in [0.717, 1.165) is 9.50 Å². The maximum atomic E-state index is 13.5. The summed E-state index contributed by atoms with van der Waals surface area (Å²) in [5.74, 6) is 0. The van der Waals surface area contributed by atoms with Crippen LogP contribution < -0.4 is 0 Å². The fourth-order valence-electron chi connectivity index (χ4n) is 6.38. The van der Waals surface area contributed by atoms with Crippen LogP contribution in [0.5, 0.6) is 0 Å². The van der Waals surface area contributed by atoms with Crippen LogP contribution in [0, 0.1) is 0 Å². The van der Waals surface area contributed by atoms with Crippen molar-refractivity contribution in [3.05, 3.63) is 71.8 Å². The molecule has 1 saturated heterocycles. The van der Waals surface area contributed by atoms with Gasteiger partial charge in [-0.3, -0.25) is 0 Å². The Morgan fingerprint density at radius 1 is 0.794 bits per heavy atom. The number of ether oxygens (including phenoxy) is 1. The molecule has 4 heteroatoms. The third-order valence-corrected chi connectivity index (χ3v) is 26.1. The first kappa shape index (κ1) is 25.6. The fraction of sp³-hybridized carbons (Fsp3) is 0.567. The Morgan fingerprint density at radius 3 is 1.79 bits per heavy atom. The van der Waals surface area contributed by atoms with Gasteiger partial charge in [0.2, 0.25) is 0 Å². The number of carbonyl (C=O) groups is 1. The molecule has 1 heterocycles. The summed E-state index contributed by atoms with van der Waals surface area (Å²) in [6.45, 7) is 7.02. The molecule has 0 aromatic heterocycles. The van der Waals surface area contributed by atoms with E-state index in [1.165, 1.54) is 63.8 Å².